The first-order chi connectivity index (χ1) is 15.6. The molecule has 1 fully saturated rings. The molecule has 1 aromatic heterocycles. The van der Waals surface area contributed by atoms with E-state index in [0.29, 0.717) is 41.6 Å². The zero-order chi connectivity index (χ0) is 22.1. The Morgan fingerprint density at radius 1 is 1.06 bits per heavy atom. The monoisotopic (exact) mass is 435 g/mol. The third kappa shape index (κ3) is 3.84. The molecular weight excluding hydrogens is 410 g/mol. The van der Waals surface area contributed by atoms with Crippen LogP contribution in [0, 0.1) is 0 Å². The highest BCUT2D eigenvalue weighted by molar-refractivity contribution is 5.89. The fraction of sp³-hybridized carbons (Fsp3) is 0.360. The summed E-state index contributed by atoms with van der Waals surface area (Å²) in [5.74, 6) is 0.842. The van der Waals surface area contributed by atoms with Crippen LogP contribution in [-0.4, -0.2) is 30.8 Å². The Bertz CT molecular complexity index is 1190. The number of esters is 1. The van der Waals surface area contributed by atoms with E-state index >= 15 is 0 Å². The molecule has 0 unspecified atom stereocenters. The minimum Gasteiger partial charge on any atom is -0.478 e. The van der Waals surface area contributed by atoms with Crippen LogP contribution in [0.15, 0.2) is 51.9 Å². The molecule has 0 radical (unpaired) electrons. The molecule has 1 aliphatic carbocycles. The first-order valence-corrected chi connectivity index (χ1v) is 10.9. The minimum absolute atomic E-state index is 0.0872. The summed E-state index contributed by atoms with van der Waals surface area (Å²) < 4.78 is 22.3. The van der Waals surface area contributed by atoms with Gasteiger partial charge >= 0.3 is 5.97 Å². The fourth-order valence-corrected chi connectivity index (χ4v) is 4.56. The summed E-state index contributed by atoms with van der Waals surface area (Å²) in [5.41, 5.74) is 1.60. The van der Waals surface area contributed by atoms with Crippen LogP contribution in [-0.2, 0) is 11.3 Å². The zero-order valence-electron chi connectivity index (χ0n) is 18.0. The largest absolute Gasteiger partial charge is 0.478 e. The van der Waals surface area contributed by atoms with Crippen LogP contribution in [0.4, 0.5) is 0 Å². The Labute approximate surface area is 185 Å². The number of hydrogen-bond acceptors (Lipinski definition) is 7. The third-order valence-electron chi connectivity index (χ3n) is 6.31. The molecule has 166 valence electrons. The van der Waals surface area contributed by atoms with E-state index in [0.717, 1.165) is 11.3 Å². The number of rotatable bonds is 4. The van der Waals surface area contributed by atoms with Crippen molar-refractivity contribution in [3.63, 3.8) is 0 Å². The predicted octanol–water partition coefficient (Wildman–Crippen LogP) is 4.86. The van der Waals surface area contributed by atoms with Crippen molar-refractivity contribution >= 4 is 16.9 Å². The Hall–Kier alpha value is -3.32. The van der Waals surface area contributed by atoms with Crippen molar-refractivity contribution in [1.29, 1.82) is 0 Å². The van der Waals surface area contributed by atoms with Gasteiger partial charge in [-0.15, -0.1) is 0 Å². The SMILES string of the molecule is COC(=O)c1ccc(Oc2coc3c4c(ccc3c2=O)OCN(C2CCCCC2)C4)cc1. The second-order valence-electron chi connectivity index (χ2n) is 8.28. The van der Waals surface area contributed by atoms with Crippen molar-refractivity contribution in [2.75, 3.05) is 13.8 Å². The quantitative estimate of drug-likeness (QED) is 0.542. The van der Waals surface area contributed by atoms with E-state index < -0.39 is 5.97 Å². The maximum absolute atomic E-state index is 13.1. The number of hydrogen-bond donors (Lipinski definition) is 0. The van der Waals surface area contributed by atoms with E-state index in [1.54, 1.807) is 30.3 Å². The average Bonchev–Trinajstić information content (AvgIpc) is 2.85. The molecule has 2 heterocycles. The molecule has 1 aliphatic heterocycles. The number of methoxy groups -OCH3 is 1. The first-order valence-electron chi connectivity index (χ1n) is 10.9. The predicted molar refractivity (Wildman–Crippen MR) is 118 cm³/mol. The molecule has 0 N–H and O–H groups in total. The maximum atomic E-state index is 13.1. The summed E-state index contributed by atoms with van der Waals surface area (Å²) in [6.07, 6.45) is 7.51. The van der Waals surface area contributed by atoms with Gasteiger partial charge < -0.3 is 18.6 Å². The van der Waals surface area contributed by atoms with Crippen LogP contribution in [0.25, 0.3) is 11.0 Å². The van der Waals surface area contributed by atoms with E-state index in [-0.39, 0.29) is 11.2 Å². The standard InChI is InChI=1S/C25H25NO6/c1-29-25(28)16-7-9-18(10-8-16)32-22-14-30-24-19(23(22)27)11-12-21-20(24)13-26(15-31-21)17-5-3-2-4-6-17/h7-12,14,17H,2-6,13,15H2,1H3. The molecular formula is C25H25NO6. The van der Waals surface area contributed by atoms with Gasteiger partial charge in [-0.25, -0.2) is 4.79 Å². The molecule has 0 bridgehead atoms. The van der Waals surface area contributed by atoms with Gasteiger partial charge in [0.2, 0.25) is 11.2 Å². The summed E-state index contributed by atoms with van der Waals surface area (Å²) in [5, 5.41) is 0.460. The van der Waals surface area contributed by atoms with Crippen LogP contribution in [0.2, 0.25) is 0 Å². The summed E-state index contributed by atoms with van der Waals surface area (Å²) in [6.45, 7) is 1.27. The van der Waals surface area contributed by atoms with Crippen LogP contribution in [0.5, 0.6) is 17.2 Å². The summed E-state index contributed by atoms with van der Waals surface area (Å²) >= 11 is 0. The second-order valence-corrected chi connectivity index (χ2v) is 8.28. The van der Waals surface area contributed by atoms with Crippen molar-refractivity contribution in [2.24, 2.45) is 0 Å². The van der Waals surface area contributed by atoms with Gasteiger partial charge in [0.15, 0.2) is 0 Å². The molecule has 0 spiro atoms. The Morgan fingerprint density at radius 2 is 1.84 bits per heavy atom. The van der Waals surface area contributed by atoms with Crippen molar-refractivity contribution < 1.29 is 23.4 Å². The lowest BCUT2D eigenvalue weighted by Crippen LogP contribution is -2.41. The van der Waals surface area contributed by atoms with E-state index in [1.807, 2.05) is 6.07 Å². The van der Waals surface area contributed by atoms with Gasteiger partial charge in [0.25, 0.3) is 0 Å². The fourth-order valence-electron chi connectivity index (χ4n) is 4.56. The smallest absolute Gasteiger partial charge is 0.337 e. The number of carbonyl (C=O) groups excluding carboxylic acids is 1. The highest BCUT2D eigenvalue weighted by Crippen LogP contribution is 2.35. The van der Waals surface area contributed by atoms with Crippen molar-refractivity contribution in [1.82, 2.24) is 4.90 Å². The number of ether oxygens (including phenoxy) is 3. The Morgan fingerprint density at radius 3 is 2.59 bits per heavy atom. The highest BCUT2D eigenvalue weighted by atomic mass is 16.5. The number of benzene rings is 2. The van der Waals surface area contributed by atoms with E-state index in [9.17, 15) is 9.59 Å². The molecule has 0 amide bonds. The zero-order valence-corrected chi connectivity index (χ0v) is 18.0. The third-order valence-corrected chi connectivity index (χ3v) is 6.31. The average molecular weight is 435 g/mol. The number of carbonyl (C=O) groups is 1. The molecule has 7 heteroatoms. The minimum atomic E-state index is -0.434. The van der Waals surface area contributed by atoms with Gasteiger partial charge in [-0.2, -0.15) is 0 Å². The molecule has 2 aromatic carbocycles. The van der Waals surface area contributed by atoms with Gasteiger partial charge in [-0.3, -0.25) is 9.69 Å². The Balaban J connectivity index is 1.42. The van der Waals surface area contributed by atoms with E-state index in [4.69, 9.17) is 18.6 Å². The molecule has 5 rings (SSSR count). The lowest BCUT2D eigenvalue weighted by atomic mass is 9.93. The van der Waals surface area contributed by atoms with E-state index in [2.05, 4.69) is 4.90 Å². The van der Waals surface area contributed by atoms with Gasteiger partial charge in [-0.1, -0.05) is 19.3 Å². The molecule has 3 aromatic rings. The van der Waals surface area contributed by atoms with Crippen molar-refractivity contribution in [3.8, 4) is 17.2 Å². The van der Waals surface area contributed by atoms with Gasteiger partial charge in [0.1, 0.15) is 30.1 Å². The van der Waals surface area contributed by atoms with Crippen molar-refractivity contribution in [2.45, 2.75) is 44.7 Å². The van der Waals surface area contributed by atoms with Gasteiger partial charge in [0, 0.05) is 12.6 Å². The molecule has 0 atom stereocenters. The summed E-state index contributed by atoms with van der Waals surface area (Å²) in [7, 11) is 1.32. The normalized spacial score (nSPS) is 16.9. The highest BCUT2D eigenvalue weighted by Gasteiger charge is 2.28. The maximum Gasteiger partial charge on any atom is 0.337 e. The molecule has 2 aliphatic rings. The van der Waals surface area contributed by atoms with Crippen LogP contribution >= 0.6 is 0 Å². The first kappa shape index (κ1) is 20.6. The second kappa shape index (κ2) is 8.67. The van der Waals surface area contributed by atoms with Crippen LogP contribution in [0.3, 0.4) is 0 Å². The lowest BCUT2D eigenvalue weighted by Gasteiger charge is -2.37. The molecule has 0 saturated heterocycles. The number of nitrogens with zero attached hydrogens (tertiary/aromatic N) is 1. The molecule has 1 saturated carbocycles. The van der Waals surface area contributed by atoms with Gasteiger partial charge in [-0.05, 0) is 49.2 Å². The topological polar surface area (TPSA) is 78.2 Å². The van der Waals surface area contributed by atoms with Crippen LogP contribution < -0.4 is 14.9 Å². The van der Waals surface area contributed by atoms with Crippen LogP contribution in [0.1, 0.15) is 48.0 Å². The Kier molecular flexibility index (Phi) is 5.57. The van der Waals surface area contributed by atoms with E-state index in [1.165, 1.54) is 45.5 Å². The van der Waals surface area contributed by atoms with Crippen molar-refractivity contribution in [3.05, 3.63) is 64.0 Å². The lowest BCUT2D eigenvalue weighted by molar-refractivity contribution is 0.0406. The summed E-state index contributed by atoms with van der Waals surface area (Å²) in [6, 6.07) is 10.5. The number of fused-ring (bicyclic) bond motifs is 3. The molecule has 32 heavy (non-hydrogen) atoms. The summed E-state index contributed by atoms with van der Waals surface area (Å²) in [4.78, 5) is 27.0. The molecule has 7 nitrogen and oxygen atoms in total. The van der Waals surface area contributed by atoms with Gasteiger partial charge in [0.05, 0.1) is 23.6 Å².